The van der Waals surface area contributed by atoms with Crippen LogP contribution in [0.15, 0.2) is 53.4 Å². The quantitative estimate of drug-likeness (QED) is 0.300. The van der Waals surface area contributed by atoms with Crippen LogP contribution in [0.2, 0.25) is 0 Å². The molecule has 2 aromatic rings. The van der Waals surface area contributed by atoms with Crippen LogP contribution in [0.5, 0.6) is 0 Å². The summed E-state index contributed by atoms with van der Waals surface area (Å²) in [4.78, 5) is 38.5. The van der Waals surface area contributed by atoms with Gasteiger partial charge in [0.25, 0.3) is 15.9 Å². The molecule has 5 N–H and O–H groups in total. The van der Waals surface area contributed by atoms with Crippen LogP contribution < -0.4 is 21.3 Å². The minimum atomic E-state index is -4.49. The third-order valence-electron chi connectivity index (χ3n) is 7.06. The van der Waals surface area contributed by atoms with Crippen molar-refractivity contribution >= 4 is 33.5 Å². The number of carboxylic acids is 1. The summed E-state index contributed by atoms with van der Waals surface area (Å²) in [5.41, 5.74) is 1.90. The highest BCUT2D eigenvalue weighted by Crippen LogP contribution is 2.24. The van der Waals surface area contributed by atoms with E-state index in [1.54, 1.807) is 43.3 Å². The predicted molar refractivity (Wildman–Crippen MR) is 146 cm³/mol. The summed E-state index contributed by atoms with van der Waals surface area (Å²) < 4.78 is 28.0. The molecule has 0 aliphatic carbocycles. The van der Waals surface area contributed by atoms with Crippen molar-refractivity contribution in [3.05, 3.63) is 59.7 Å². The third-order valence-corrected chi connectivity index (χ3v) is 8.88. The van der Waals surface area contributed by atoms with E-state index in [1.807, 2.05) is 0 Å². The Morgan fingerprint density at radius 1 is 0.974 bits per heavy atom. The minimum absolute atomic E-state index is 0.0674. The van der Waals surface area contributed by atoms with Gasteiger partial charge in [-0.15, -0.1) is 0 Å². The van der Waals surface area contributed by atoms with Crippen LogP contribution in [0.3, 0.4) is 0 Å². The van der Waals surface area contributed by atoms with Crippen LogP contribution in [0.4, 0.5) is 5.69 Å². The Hall–Kier alpha value is -3.32. The van der Waals surface area contributed by atoms with Crippen LogP contribution in [-0.2, 0) is 30.8 Å². The van der Waals surface area contributed by atoms with Gasteiger partial charge in [0.1, 0.15) is 12.1 Å². The summed E-state index contributed by atoms with van der Waals surface area (Å²) in [7, 11) is -4.49. The highest BCUT2D eigenvalue weighted by molar-refractivity contribution is 7.89. The average molecular weight is 558 g/mol. The number of carboxylic acid groups (broad SMARTS) is 1. The Bertz CT molecular complexity index is 1270. The maximum Gasteiger partial charge on any atom is 0.328 e. The number of benzene rings is 2. The van der Waals surface area contributed by atoms with Crippen molar-refractivity contribution in [1.29, 1.82) is 0 Å². The van der Waals surface area contributed by atoms with Gasteiger partial charge in [0.05, 0.1) is 4.90 Å². The van der Waals surface area contributed by atoms with E-state index < -0.39 is 34.0 Å². The molecule has 39 heavy (non-hydrogen) atoms. The smallest absolute Gasteiger partial charge is 0.328 e. The van der Waals surface area contributed by atoms with Crippen molar-refractivity contribution in [3.63, 3.8) is 0 Å². The number of piperidine rings is 1. The van der Waals surface area contributed by atoms with Crippen LogP contribution in [0, 0.1) is 12.8 Å². The second kappa shape index (κ2) is 12.7. The van der Waals surface area contributed by atoms with Crippen molar-refractivity contribution in [1.82, 2.24) is 20.3 Å². The fraction of sp³-hybridized carbons (Fsp3) is 0.444. The first-order valence-electron chi connectivity index (χ1n) is 13.1. The van der Waals surface area contributed by atoms with Gasteiger partial charge in [0.15, 0.2) is 0 Å². The van der Waals surface area contributed by atoms with Gasteiger partial charge in [-0.1, -0.05) is 29.8 Å². The second-order valence-corrected chi connectivity index (χ2v) is 11.7. The zero-order chi connectivity index (χ0) is 28.0. The lowest BCUT2D eigenvalue weighted by atomic mass is 9.97. The third kappa shape index (κ3) is 7.01. The Morgan fingerprint density at radius 2 is 1.64 bits per heavy atom. The van der Waals surface area contributed by atoms with E-state index in [0.717, 1.165) is 31.5 Å². The molecule has 0 spiro atoms. The number of piperazine rings is 1. The number of anilines is 1. The molecule has 1 unspecified atom stereocenters. The number of amides is 2. The molecule has 4 rings (SSSR count). The molecular formula is C27H35N5O6S. The van der Waals surface area contributed by atoms with Crippen molar-refractivity contribution in [2.24, 2.45) is 5.92 Å². The number of hydrogen-bond acceptors (Lipinski definition) is 8. The van der Waals surface area contributed by atoms with Gasteiger partial charge in [-0.2, -0.15) is 0 Å². The number of aliphatic carboxylic acids is 1. The van der Waals surface area contributed by atoms with Crippen molar-refractivity contribution in [2.75, 3.05) is 38.0 Å². The Kier molecular flexibility index (Phi) is 9.33. The number of carbonyl (C=O) groups is 3. The van der Waals surface area contributed by atoms with Crippen molar-refractivity contribution < 1.29 is 27.9 Å². The first kappa shape index (κ1) is 28.7. The number of aryl methyl sites for hydroxylation is 1. The predicted octanol–water partition coefficient (Wildman–Crippen LogP) is 0.708. The number of nitrogens with zero attached hydrogens (tertiary/aromatic N) is 1. The first-order valence-corrected chi connectivity index (χ1v) is 14.5. The summed E-state index contributed by atoms with van der Waals surface area (Å²) >= 11 is 0. The van der Waals surface area contributed by atoms with Crippen LogP contribution >= 0.6 is 0 Å². The van der Waals surface area contributed by atoms with E-state index in [0.29, 0.717) is 28.6 Å². The lowest BCUT2D eigenvalue weighted by Gasteiger charge is -2.33. The molecule has 210 valence electrons. The summed E-state index contributed by atoms with van der Waals surface area (Å²) in [6, 6.07) is 9.94. The molecule has 11 nitrogen and oxygen atoms in total. The molecule has 2 saturated heterocycles. The molecule has 2 fully saturated rings. The Balaban J connectivity index is 1.59. The van der Waals surface area contributed by atoms with Crippen LogP contribution in [0.1, 0.15) is 24.0 Å². The molecule has 12 heteroatoms. The fourth-order valence-corrected chi connectivity index (χ4v) is 6.36. The Morgan fingerprint density at radius 3 is 2.23 bits per heavy atom. The van der Waals surface area contributed by atoms with E-state index >= 15 is 0 Å². The van der Waals surface area contributed by atoms with E-state index in [1.165, 1.54) is 12.1 Å². The Labute approximate surface area is 228 Å². The molecule has 0 aromatic heterocycles. The van der Waals surface area contributed by atoms with Crippen LogP contribution in [0.25, 0.3) is 0 Å². The van der Waals surface area contributed by atoms with Gasteiger partial charge in [0.2, 0.25) is 5.91 Å². The number of sulfonamides is 1. The van der Waals surface area contributed by atoms with Gasteiger partial charge in [-0.05, 0) is 62.7 Å². The number of rotatable bonds is 9. The summed E-state index contributed by atoms with van der Waals surface area (Å²) in [5, 5.41) is 22.3. The lowest BCUT2D eigenvalue weighted by Crippen LogP contribution is -2.60. The molecule has 2 aliphatic rings. The molecule has 0 radical (unpaired) electrons. The normalized spacial score (nSPS) is 19.2. The SMILES string of the molecule is Cc1ccc(S(=O)(=O)N(C(=O)C2CNCCN2)[C@@H](Cc2ccc(NC(=O)C3CCNCC3)cc2)C(=O)O)cc1. The van der Waals surface area contributed by atoms with Crippen molar-refractivity contribution in [2.45, 2.75) is 43.2 Å². The fourth-order valence-electron chi connectivity index (χ4n) is 4.79. The van der Waals surface area contributed by atoms with Gasteiger partial charge < -0.3 is 26.4 Å². The number of nitrogens with one attached hydrogen (secondary N) is 4. The summed E-state index contributed by atoms with van der Waals surface area (Å²) in [6.07, 6.45) is 1.28. The van der Waals surface area contributed by atoms with Crippen LogP contribution in [-0.4, -0.2) is 80.4 Å². The largest absolute Gasteiger partial charge is 0.480 e. The molecule has 2 heterocycles. The van der Waals surface area contributed by atoms with Gasteiger partial charge >= 0.3 is 5.97 Å². The molecule has 2 atom stereocenters. The van der Waals surface area contributed by atoms with Gasteiger partial charge in [0, 0.05) is 37.7 Å². The zero-order valence-corrected chi connectivity index (χ0v) is 22.7. The second-order valence-electron chi connectivity index (χ2n) is 9.93. The highest BCUT2D eigenvalue weighted by Gasteiger charge is 2.42. The topological polar surface area (TPSA) is 157 Å². The summed E-state index contributed by atoms with van der Waals surface area (Å²) in [6.45, 7) is 4.61. The molecule has 0 saturated carbocycles. The summed E-state index contributed by atoms with van der Waals surface area (Å²) in [5.74, 6) is -2.41. The molecular weight excluding hydrogens is 522 g/mol. The highest BCUT2D eigenvalue weighted by atomic mass is 32.2. The van der Waals surface area contributed by atoms with E-state index in [9.17, 15) is 27.9 Å². The molecule has 0 bridgehead atoms. The maximum absolute atomic E-state index is 13.7. The average Bonchev–Trinajstić information content (AvgIpc) is 2.94. The van der Waals surface area contributed by atoms with Crippen molar-refractivity contribution in [3.8, 4) is 0 Å². The number of carbonyl (C=O) groups excluding carboxylic acids is 2. The lowest BCUT2D eigenvalue weighted by molar-refractivity contribution is -0.146. The van der Waals surface area contributed by atoms with E-state index in [2.05, 4.69) is 21.3 Å². The minimum Gasteiger partial charge on any atom is -0.480 e. The maximum atomic E-state index is 13.7. The molecule has 2 aliphatic heterocycles. The molecule has 2 aromatic carbocycles. The number of hydrogen-bond donors (Lipinski definition) is 5. The monoisotopic (exact) mass is 557 g/mol. The first-order chi connectivity index (χ1) is 18.7. The van der Waals surface area contributed by atoms with E-state index in [4.69, 9.17) is 0 Å². The zero-order valence-electron chi connectivity index (χ0n) is 21.9. The van der Waals surface area contributed by atoms with E-state index in [-0.39, 0.29) is 29.7 Å². The molecule has 2 amide bonds. The van der Waals surface area contributed by atoms with Gasteiger partial charge in [-0.3, -0.25) is 9.59 Å². The van der Waals surface area contributed by atoms with Gasteiger partial charge in [-0.25, -0.2) is 17.5 Å². The standard InChI is InChI=1S/C27H35N5O6S/c1-18-2-8-22(9-3-18)39(37,38)32(26(34)23-17-29-14-15-30-23)24(27(35)36)16-19-4-6-21(7-5-19)31-25(33)20-10-12-28-13-11-20/h2-9,20,23-24,28-30H,10-17H2,1H3,(H,31,33)(H,35,36)/t23?,24-/m0/s1.